The lowest BCUT2D eigenvalue weighted by Gasteiger charge is -2.18. The van der Waals surface area contributed by atoms with Gasteiger partial charge in [-0.1, -0.05) is 50.3 Å². The highest BCUT2D eigenvalue weighted by molar-refractivity contribution is 5.99. The van der Waals surface area contributed by atoms with Crippen molar-refractivity contribution in [1.82, 2.24) is 4.90 Å². The second-order valence-corrected chi connectivity index (χ2v) is 4.81. The normalized spacial score (nSPS) is 19.2. The summed E-state index contributed by atoms with van der Waals surface area (Å²) >= 11 is 0. The molecule has 0 saturated carbocycles. The number of hydrogen-bond donors (Lipinski definition) is 0. The number of ether oxygens (including phenoxy) is 1. The molecule has 0 spiro atoms. The average molecular weight is 259 g/mol. The van der Waals surface area contributed by atoms with Gasteiger partial charge in [0.2, 0.25) is 0 Å². The number of imide groups is 1. The Morgan fingerprint density at radius 2 is 2.05 bits per heavy atom. The molecule has 4 heteroatoms. The third-order valence-corrected chi connectivity index (χ3v) is 2.92. The molecule has 2 rings (SSSR count). The van der Waals surface area contributed by atoms with Crippen LogP contribution in [0, 0.1) is 5.92 Å². The molecule has 0 radical (unpaired) electrons. The van der Waals surface area contributed by atoms with Crippen molar-refractivity contribution in [1.29, 1.82) is 0 Å². The minimum absolute atomic E-state index is 0.212. The van der Waals surface area contributed by atoms with E-state index in [1.165, 1.54) is 11.0 Å². The van der Waals surface area contributed by atoms with Gasteiger partial charge in [-0.15, -0.1) is 0 Å². The molecule has 1 aromatic carbocycles. The third kappa shape index (κ3) is 3.02. The van der Waals surface area contributed by atoms with Gasteiger partial charge in [-0.3, -0.25) is 4.79 Å². The van der Waals surface area contributed by atoms with Gasteiger partial charge < -0.3 is 4.74 Å². The van der Waals surface area contributed by atoms with Crippen LogP contribution in [-0.4, -0.2) is 23.5 Å². The summed E-state index contributed by atoms with van der Waals surface area (Å²) in [6.45, 7) is 4.16. The molecule has 1 heterocycles. The fourth-order valence-corrected chi connectivity index (χ4v) is 1.94. The van der Waals surface area contributed by atoms with Gasteiger partial charge in [0, 0.05) is 0 Å². The summed E-state index contributed by atoms with van der Waals surface area (Å²) in [7, 11) is 0. The molecule has 0 aromatic heterocycles. The zero-order valence-corrected chi connectivity index (χ0v) is 11.1. The molecule has 0 N–H and O–H groups in total. The highest BCUT2D eigenvalue weighted by Crippen LogP contribution is 2.27. The van der Waals surface area contributed by atoms with E-state index >= 15 is 0 Å². The molecule has 1 saturated heterocycles. The highest BCUT2D eigenvalue weighted by atomic mass is 16.6. The van der Waals surface area contributed by atoms with Crippen molar-refractivity contribution in [3.05, 3.63) is 48.0 Å². The van der Waals surface area contributed by atoms with Crippen LogP contribution >= 0.6 is 0 Å². The largest absolute Gasteiger partial charge is 0.446 e. The minimum Gasteiger partial charge on any atom is -0.446 e. The third-order valence-electron chi connectivity index (χ3n) is 2.92. The number of nitrogens with zero attached hydrogens (tertiary/aromatic N) is 1. The van der Waals surface area contributed by atoms with Crippen LogP contribution in [0.1, 0.15) is 25.5 Å². The van der Waals surface area contributed by atoms with Crippen LogP contribution < -0.4 is 0 Å². The van der Waals surface area contributed by atoms with Crippen LogP contribution in [0.15, 0.2) is 42.5 Å². The maximum absolute atomic E-state index is 12.1. The molecular weight excluding hydrogens is 242 g/mol. The van der Waals surface area contributed by atoms with Gasteiger partial charge >= 0.3 is 6.09 Å². The fourth-order valence-electron chi connectivity index (χ4n) is 1.94. The van der Waals surface area contributed by atoms with E-state index in [0.29, 0.717) is 0 Å². The molecule has 1 aromatic rings. The minimum atomic E-state index is -0.577. The number of carbonyl (C=O) groups is 2. The van der Waals surface area contributed by atoms with Crippen molar-refractivity contribution in [2.45, 2.75) is 19.9 Å². The number of cyclic esters (lactones) is 1. The topological polar surface area (TPSA) is 46.6 Å². The number of amides is 2. The Morgan fingerprint density at radius 1 is 1.37 bits per heavy atom. The van der Waals surface area contributed by atoms with E-state index in [2.05, 4.69) is 0 Å². The van der Waals surface area contributed by atoms with E-state index in [1.54, 1.807) is 6.08 Å². The zero-order chi connectivity index (χ0) is 13.8. The molecule has 0 bridgehead atoms. The van der Waals surface area contributed by atoms with Crippen LogP contribution in [0.25, 0.3) is 0 Å². The summed E-state index contributed by atoms with van der Waals surface area (Å²) < 4.78 is 4.99. The van der Waals surface area contributed by atoms with Crippen LogP contribution in [0.3, 0.4) is 0 Å². The Morgan fingerprint density at radius 3 is 2.68 bits per heavy atom. The summed E-state index contributed by atoms with van der Waals surface area (Å²) in [4.78, 5) is 25.0. The Hall–Kier alpha value is -2.10. The first kappa shape index (κ1) is 13.3. The second kappa shape index (κ2) is 5.69. The van der Waals surface area contributed by atoms with Gasteiger partial charge in [0.15, 0.2) is 0 Å². The zero-order valence-electron chi connectivity index (χ0n) is 11.1. The van der Waals surface area contributed by atoms with E-state index < -0.39 is 6.09 Å². The number of allylic oxidation sites excluding steroid dienone is 1. The smallest absolute Gasteiger partial charge is 0.417 e. The van der Waals surface area contributed by atoms with Gasteiger partial charge in [-0.25, -0.2) is 9.69 Å². The predicted molar refractivity (Wildman–Crippen MR) is 71.4 cm³/mol. The average Bonchev–Trinajstić information content (AvgIpc) is 2.79. The molecule has 100 valence electrons. The molecule has 1 aliphatic rings. The maximum Gasteiger partial charge on any atom is 0.417 e. The van der Waals surface area contributed by atoms with Crippen molar-refractivity contribution < 1.29 is 14.3 Å². The van der Waals surface area contributed by atoms with Gasteiger partial charge in [-0.05, 0) is 17.6 Å². The van der Waals surface area contributed by atoms with Crippen molar-refractivity contribution in [2.24, 2.45) is 5.92 Å². The van der Waals surface area contributed by atoms with Crippen LogP contribution in [0.5, 0.6) is 0 Å². The SMILES string of the molecule is CC(C)/C=C/C(=O)N1C(=O)OC[C@@H]1c1ccccc1. The summed E-state index contributed by atoms with van der Waals surface area (Å²) in [5.74, 6) is -0.0669. The van der Waals surface area contributed by atoms with Crippen molar-refractivity contribution in [2.75, 3.05) is 6.61 Å². The molecule has 19 heavy (non-hydrogen) atoms. The first-order valence-electron chi connectivity index (χ1n) is 6.32. The van der Waals surface area contributed by atoms with Crippen molar-refractivity contribution in [3.63, 3.8) is 0 Å². The second-order valence-electron chi connectivity index (χ2n) is 4.81. The molecule has 0 unspecified atom stereocenters. The van der Waals surface area contributed by atoms with E-state index in [1.807, 2.05) is 44.2 Å². The lowest BCUT2D eigenvalue weighted by Crippen LogP contribution is -2.32. The molecule has 1 aliphatic heterocycles. The summed E-state index contributed by atoms with van der Waals surface area (Å²) in [6.07, 6.45) is 2.63. The van der Waals surface area contributed by atoms with Gasteiger partial charge in [0.25, 0.3) is 5.91 Å². The number of rotatable bonds is 3. The van der Waals surface area contributed by atoms with E-state index in [9.17, 15) is 9.59 Å². The maximum atomic E-state index is 12.1. The first-order chi connectivity index (χ1) is 9.09. The summed E-state index contributed by atoms with van der Waals surface area (Å²) in [5, 5.41) is 0. The first-order valence-corrected chi connectivity index (χ1v) is 6.32. The van der Waals surface area contributed by atoms with Crippen LogP contribution in [0.2, 0.25) is 0 Å². The Bertz CT molecular complexity index is 493. The number of hydrogen-bond acceptors (Lipinski definition) is 3. The fraction of sp³-hybridized carbons (Fsp3) is 0.333. The molecule has 1 atom stereocenters. The van der Waals surface area contributed by atoms with Crippen LogP contribution in [-0.2, 0) is 9.53 Å². The van der Waals surface area contributed by atoms with E-state index in [4.69, 9.17) is 4.74 Å². The number of carbonyl (C=O) groups excluding carboxylic acids is 2. The van der Waals surface area contributed by atoms with Crippen molar-refractivity contribution in [3.8, 4) is 0 Å². The summed E-state index contributed by atoms with van der Waals surface area (Å²) in [5.41, 5.74) is 0.902. The number of benzene rings is 1. The van der Waals surface area contributed by atoms with Crippen molar-refractivity contribution >= 4 is 12.0 Å². The molecule has 4 nitrogen and oxygen atoms in total. The summed E-state index contributed by atoms with van der Waals surface area (Å²) in [6, 6.07) is 9.09. The lowest BCUT2D eigenvalue weighted by molar-refractivity contribution is -0.124. The molecule has 0 aliphatic carbocycles. The van der Waals surface area contributed by atoms with Crippen LogP contribution in [0.4, 0.5) is 4.79 Å². The standard InChI is InChI=1S/C15H17NO3/c1-11(2)8-9-14(17)16-13(10-19-15(16)18)12-6-4-3-5-7-12/h3-9,11,13H,10H2,1-2H3/b9-8+/t13-/m1/s1. The van der Waals surface area contributed by atoms with Gasteiger partial charge in [-0.2, -0.15) is 0 Å². The highest BCUT2D eigenvalue weighted by Gasteiger charge is 2.37. The lowest BCUT2D eigenvalue weighted by atomic mass is 10.1. The van der Waals surface area contributed by atoms with E-state index in [-0.39, 0.29) is 24.5 Å². The molecule has 2 amide bonds. The quantitative estimate of drug-likeness (QED) is 0.784. The Kier molecular flexibility index (Phi) is 4.00. The van der Waals surface area contributed by atoms with Gasteiger partial charge in [0.1, 0.15) is 12.6 Å². The van der Waals surface area contributed by atoms with Gasteiger partial charge in [0.05, 0.1) is 0 Å². The Balaban J connectivity index is 2.21. The predicted octanol–water partition coefficient (Wildman–Crippen LogP) is 2.92. The monoisotopic (exact) mass is 259 g/mol. The molecular formula is C15H17NO3. The van der Waals surface area contributed by atoms with E-state index in [0.717, 1.165) is 5.56 Å². The molecule has 1 fully saturated rings. The Labute approximate surface area is 112 Å².